The van der Waals surface area contributed by atoms with E-state index in [2.05, 4.69) is 27.7 Å². The number of benzene rings is 1. The zero-order chi connectivity index (χ0) is 21.7. The summed E-state index contributed by atoms with van der Waals surface area (Å²) in [5.74, 6) is 0.583. The first-order valence-corrected chi connectivity index (χ1v) is 12.9. The van der Waals surface area contributed by atoms with E-state index in [0.29, 0.717) is 30.6 Å². The van der Waals surface area contributed by atoms with Gasteiger partial charge in [-0.1, -0.05) is 96.0 Å². The number of hydrogen-bond acceptors (Lipinski definition) is 4. The molecule has 2 unspecified atom stereocenters. The van der Waals surface area contributed by atoms with Gasteiger partial charge in [0.2, 0.25) is 0 Å². The molecule has 2 atom stereocenters. The fourth-order valence-electron chi connectivity index (χ4n) is 3.21. The second-order valence-electron chi connectivity index (χ2n) is 8.09. The van der Waals surface area contributed by atoms with Crippen LogP contribution in [0.15, 0.2) is 24.3 Å². The summed E-state index contributed by atoms with van der Waals surface area (Å²) in [7, 11) is -3.88. The van der Waals surface area contributed by atoms with Crippen molar-refractivity contribution in [1.29, 1.82) is 0 Å². The monoisotopic (exact) mass is 424 g/mol. The molecule has 0 aliphatic rings. The third-order valence-electron chi connectivity index (χ3n) is 5.59. The van der Waals surface area contributed by atoms with Crippen molar-refractivity contribution >= 4 is 13.1 Å². The Labute approximate surface area is 178 Å². The summed E-state index contributed by atoms with van der Waals surface area (Å²) in [6.07, 6.45) is 8.34. The Morgan fingerprint density at radius 3 is 1.69 bits per heavy atom. The molecular formula is C24H41O4P. The van der Waals surface area contributed by atoms with Crippen LogP contribution in [0, 0.1) is 18.8 Å². The van der Waals surface area contributed by atoms with Gasteiger partial charge < -0.3 is 9.05 Å². The summed E-state index contributed by atoms with van der Waals surface area (Å²) in [4.78, 5) is 13.1. The van der Waals surface area contributed by atoms with E-state index in [9.17, 15) is 9.36 Å². The molecule has 0 radical (unpaired) electrons. The lowest BCUT2D eigenvalue weighted by Crippen LogP contribution is -2.16. The Balaban J connectivity index is 2.94. The smallest absolute Gasteiger partial charge is 0.303 e. The van der Waals surface area contributed by atoms with Gasteiger partial charge in [0.25, 0.3) is 5.52 Å². The Bertz CT molecular complexity index is 602. The van der Waals surface area contributed by atoms with Crippen molar-refractivity contribution < 1.29 is 18.4 Å². The van der Waals surface area contributed by atoms with Crippen molar-refractivity contribution in [3.8, 4) is 0 Å². The first kappa shape index (κ1) is 26.1. The van der Waals surface area contributed by atoms with Crippen molar-refractivity contribution in [1.82, 2.24) is 0 Å². The van der Waals surface area contributed by atoms with Crippen LogP contribution >= 0.6 is 7.60 Å². The van der Waals surface area contributed by atoms with Crippen LogP contribution in [-0.4, -0.2) is 18.7 Å². The van der Waals surface area contributed by atoms with Crippen LogP contribution in [0.4, 0.5) is 0 Å². The average Bonchev–Trinajstić information content (AvgIpc) is 2.74. The second kappa shape index (κ2) is 14.1. The molecular weight excluding hydrogens is 383 g/mol. The average molecular weight is 425 g/mol. The van der Waals surface area contributed by atoms with Gasteiger partial charge >= 0.3 is 7.60 Å². The Morgan fingerprint density at radius 1 is 0.862 bits per heavy atom. The summed E-state index contributed by atoms with van der Waals surface area (Å²) in [6.45, 7) is 11.1. The minimum absolute atomic E-state index is 0.291. The van der Waals surface area contributed by atoms with E-state index in [4.69, 9.17) is 9.05 Å². The summed E-state index contributed by atoms with van der Waals surface area (Å²) in [5.41, 5.74) is 0.921. The van der Waals surface area contributed by atoms with Crippen LogP contribution < -0.4 is 0 Å². The van der Waals surface area contributed by atoms with Gasteiger partial charge in [0.1, 0.15) is 0 Å². The molecule has 0 N–H and O–H groups in total. The molecule has 1 aromatic rings. The van der Waals surface area contributed by atoms with Gasteiger partial charge in [0.15, 0.2) is 0 Å². The maximum Gasteiger partial charge on any atom is 0.401 e. The van der Waals surface area contributed by atoms with E-state index in [1.165, 1.54) is 0 Å². The van der Waals surface area contributed by atoms with Crippen molar-refractivity contribution in [3.05, 3.63) is 35.4 Å². The van der Waals surface area contributed by atoms with Gasteiger partial charge in [-0.25, -0.2) is 0 Å². The SMILES string of the molecule is CCCCC(CC)COP(=O)(OCC(CC)CCCC)C(=O)c1ccc(C)cc1. The molecule has 0 saturated carbocycles. The van der Waals surface area contributed by atoms with Crippen LogP contribution in [0.25, 0.3) is 0 Å². The predicted octanol–water partition coefficient (Wildman–Crippen LogP) is 7.79. The topological polar surface area (TPSA) is 52.6 Å². The lowest BCUT2D eigenvalue weighted by atomic mass is 10.0. The van der Waals surface area contributed by atoms with Crippen LogP contribution in [0.1, 0.15) is 95.0 Å². The molecule has 0 aliphatic heterocycles. The van der Waals surface area contributed by atoms with Crippen molar-refractivity contribution in [2.24, 2.45) is 11.8 Å². The zero-order valence-corrected chi connectivity index (χ0v) is 20.0. The zero-order valence-electron chi connectivity index (χ0n) is 19.1. The van der Waals surface area contributed by atoms with Crippen molar-refractivity contribution in [3.63, 3.8) is 0 Å². The first-order chi connectivity index (χ1) is 13.9. The Morgan fingerprint density at radius 2 is 1.31 bits per heavy atom. The van der Waals surface area contributed by atoms with E-state index < -0.39 is 13.1 Å². The predicted molar refractivity (Wildman–Crippen MR) is 122 cm³/mol. The molecule has 4 nitrogen and oxygen atoms in total. The first-order valence-electron chi connectivity index (χ1n) is 11.4. The Hall–Kier alpha value is -0.960. The molecule has 0 aliphatic carbocycles. The van der Waals surface area contributed by atoms with Gasteiger partial charge in [-0.05, 0) is 31.6 Å². The van der Waals surface area contributed by atoms with Crippen LogP contribution in [0.3, 0.4) is 0 Å². The normalized spacial score (nSPS) is 15.6. The summed E-state index contributed by atoms with van der Waals surface area (Å²) in [6, 6.07) is 7.12. The van der Waals surface area contributed by atoms with Gasteiger partial charge in [-0.15, -0.1) is 0 Å². The highest BCUT2D eigenvalue weighted by molar-refractivity contribution is 7.72. The molecule has 0 heterocycles. The van der Waals surface area contributed by atoms with Crippen LogP contribution in [0.5, 0.6) is 0 Å². The molecule has 0 spiro atoms. The number of aryl methyl sites for hydroxylation is 1. The van der Waals surface area contributed by atoms with Gasteiger partial charge in [-0.2, -0.15) is 0 Å². The number of unbranched alkanes of at least 4 members (excludes halogenated alkanes) is 2. The fourth-order valence-corrected chi connectivity index (χ4v) is 4.80. The quantitative estimate of drug-likeness (QED) is 0.254. The number of carbonyl (C=O) groups excluding carboxylic acids is 1. The van der Waals surface area contributed by atoms with E-state index in [1.54, 1.807) is 12.1 Å². The molecule has 5 heteroatoms. The lowest BCUT2D eigenvalue weighted by molar-refractivity contribution is 0.0952. The molecule has 0 aromatic heterocycles. The number of carbonyl (C=O) groups is 1. The van der Waals surface area contributed by atoms with Crippen molar-refractivity contribution in [2.75, 3.05) is 13.2 Å². The van der Waals surface area contributed by atoms with Gasteiger partial charge in [0, 0.05) is 5.56 Å². The fraction of sp³-hybridized carbons (Fsp3) is 0.708. The summed E-state index contributed by atoms with van der Waals surface area (Å²) in [5, 5.41) is 0. The molecule has 0 fully saturated rings. The van der Waals surface area contributed by atoms with E-state index in [1.807, 2.05) is 19.1 Å². The molecule has 1 rings (SSSR count). The summed E-state index contributed by atoms with van der Waals surface area (Å²) < 4.78 is 25.2. The van der Waals surface area contributed by atoms with Crippen molar-refractivity contribution in [2.45, 2.75) is 86.0 Å². The standard InChI is InChI=1S/C24H41O4P/c1-6-10-12-21(8-3)18-27-29(26,28-19-22(9-4)13-11-7-2)24(25)23-16-14-20(5)15-17-23/h14-17,21-22H,6-13,18-19H2,1-5H3. The van der Waals surface area contributed by atoms with E-state index >= 15 is 0 Å². The van der Waals surface area contributed by atoms with Crippen LogP contribution in [0.2, 0.25) is 0 Å². The highest BCUT2D eigenvalue weighted by atomic mass is 31.2. The van der Waals surface area contributed by atoms with E-state index in [-0.39, 0.29) is 0 Å². The Kier molecular flexibility index (Phi) is 12.7. The third kappa shape index (κ3) is 9.15. The number of hydrogen-bond donors (Lipinski definition) is 0. The highest BCUT2D eigenvalue weighted by Gasteiger charge is 2.37. The van der Waals surface area contributed by atoms with Gasteiger partial charge in [0.05, 0.1) is 13.2 Å². The minimum atomic E-state index is -3.88. The van der Waals surface area contributed by atoms with Gasteiger partial charge in [-0.3, -0.25) is 9.36 Å². The molecule has 166 valence electrons. The third-order valence-corrected chi connectivity index (χ3v) is 7.33. The maximum absolute atomic E-state index is 13.6. The summed E-state index contributed by atoms with van der Waals surface area (Å²) >= 11 is 0. The molecule has 29 heavy (non-hydrogen) atoms. The molecule has 0 saturated heterocycles. The molecule has 0 bridgehead atoms. The molecule has 1 aromatic carbocycles. The maximum atomic E-state index is 13.6. The second-order valence-corrected chi connectivity index (χ2v) is 10.0. The molecule has 0 amide bonds. The largest absolute Gasteiger partial charge is 0.401 e. The number of rotatable bonds is 16. The lowest BCUT2D eigenvalue weighted by Gasteiger charge is -2.23. The highest BCUT2D eigenvalue weighted by Crippen LogP contribution is 2.52. The van der Waals surface area contributed by atoms with Crippen LogP contribution in [-0.2, 0) is 13.6 Å². The minimum Gasteiger partial charge on any atom is -0.303 e. The van der Waals surface area contributed by atoms with E-state index in [0.717, 1.165) is 56.9 Å².